The van der Waals surface area contributed by atoms with Crippen molar-refractivity contribution in [2.24, 2.45) is 0 Å². The highest BCUT2D eigenvalue weighted by Gasteiger charge is 2.16. The van der Waals surface area contributed by atoms with E-state index >= 15 is 0 Å². The molecule has 1 N–H and O–H groups in total. The van der Waals surface area contributed by atoms with E-state index in [1.165, 1.54) is 0 Å². The van der Waals surface area contributed by atoms with Crippen molar-refractivity contribution in [2.45, 2.75) is 18.9 Å². The van der Waals surface area contributed by atoms with Gasteiger partial charge < -0.3 is 10.1 Å². The van der Waals surface area contributed by atoms with Crippen molar-refractivity contribution in [3.63, 3.8) is 0 Å². The van der Waals surface area contributed by atoms with Crippen molar-refractivity contribution in [3.05, 3.63) is 42.6 Å². The van der Waals surface area contributed by atoms with E-state index in [0.717, 1.165) is 25.3 Å². The van der Waals surface area contributed by atoms with Gasteiger partial charge in [-0.25, -0.2) is 9.97 Å². The third-order valence-corrected chi connectivity index (χ3v) is 3.29. The SMILES string of the molecule is O=C(NCC1CCCO1)c1ccc(-n2ccnc2)nc1. The zero-order valence-electron chi connectivity index (χ0n) is 11.0. The second kappa shape index (κ2) is 5.83. The van der Waals surface area contributed by atoms with Crippen molar-refractivity contribution in [1.29, 1.82) is 0 Å². The number of hydrogen-bond donors (Lipinski definition) is 1. The van der Waals surface area contributed by atoms with Crippen LogP contribution >= 0.6 is 0 Å². The van der Waals surface area contributed by atoms with Crippen LogP contribution in [0.2, 0.25) is 0 Å². The fourth-order valence-corrected chi connectivity index (χ4v) is 2.18. The summed E-state index contributed by atoms with van der Waals surface area (Å²) in [5.74, 6) is 0.614. The number of aromatic nitrogens is 3. The number of amides is 1. The Morgan fingerprint density at radius 2 is 2.45 bits per heavy atom. The van der Waals surface area contributed by atoms with Crippen LogP contribution in [0.4, 0.5) is 0 Å². The number of rotatable bonds is 4. The molecule has 0 spiro atoms. The van der Waals surface area contributed by atoms with E-state index in [-0.39, 0.29) is 12.0 Å². The molecule has 1 saturated heterocycles. The molecule has 1 fully saturated rings. The maximum Gasteiger partial charge on any atom is 0.252 e. The number of ether oxygens (including phenoxy) is 1. The van der Waals surface area contributed by atoms with E-state index in [1.807, 2.05) is 0 Å². The predicted molar refractivity (Wildman–Crippen MR) is 72.7 cm³/mol. The lowest BCUT2D eigenvalue weighted by atomic mass is 10.2. The van der Waals surface area contributed by atoms with Gasteiger partial charge in [-0.2, -0.15) is 0 Å². The molecular weight excluding hydrogens is 256 g/mol. The van der Waals surface area contributed by atoms with Crippen LogP contribution in [0, 0.1) is 0 Å². The summed E-state index contributed by atoms with van der Waals surface area (Å²) in [5.41, 5.74) is 0.548. The Hall–Kier alpha value is -2.21. The molecule has 0 aliphatic carbocycles. The predicted octanol–water partition coefficient (Wildman–Crippen LogP) is 1.18. The number of nitrogens with one attached hydrogen (secondary N) is 1. The first-order chi connectivity index (χ1) is 9.83. The van der Waals surface area contributed by atoms with Crippen molar-refractivity contribution in [2.75, 3.05) is 13.2 Å². The molecule has 6 heteroatoms. The Kier molecular flexibility index (Phi) is 3.73. The number of nitrogens with zero attached hydrogens (tertiary/aromatic N) is 3. The maximum atomic E-state index is 12.0. The molecule has 1 unspecified atom stereocenters. The average Bonchev–Trinajstić information content (AvgIpc) is 3.18. The topological polar surface area (TPSA) is 69.0 Å². The number of hydrogen-bond acceptors (Lipinski definition) is 4. The van der Waals surface area contributed by atoms with E-state index in [4.69, 9.17) is 4.74 Å². The lowest BCUT2D eigenvalue weighted by Crippen LogP contribution is -2.31. The molecule has 0 bridgehead atoms. The Bertz CT molecular complexity index is 559. The molecule has 3 rings (SSSR count). The van der Waals surface area contributed by atoms with E-state index in [0.29, 0.717) is 12.1 Å². The van der Waals surface area contributed by atoms with Gasteiger partial charge in [-0.05, 0) is 25.0 Å². The summed E-state index contributed by atoms with van der Waals surface area (Å²) in [6.45, 7) is 1.35. The number of pyridine rings is 1. The number of imidazole rings is 1. The van der Waals surface area contributed by atoms with Gasteiger partial charge in [0.1, 0.15) is 12.1 Å². The fraction of sp³-hybridized carbons (Fsp3) is 0.357. The second-order valence-corrected chi connectivity index (χ2v) is 4.72. The van der Waals surface area contributed by atoms with Gasteiger partial charge in [0.05, 0.1) is 11.7 Å². The van der Waals surface area contributed by atoms with Crippen LogP contribution in [-0.2, 0) is 4.74 Å². The highest BCUT2D eigenvalue weighted by atomic mass is 16.5. The highest BCUT2D eigenvalue weighted by Crippen LogP contribution is 2.11. The molecule has 0 radical (unpaired) electrons. The summed E-state index contributed by atoms with van der Waals surface area (Å²) in [6, 6.07) is 3.55. The average molecular weight is 272 g/mol. The molecule has 1 amide bonds. The van der Waals surface area contributed by atoms with Crippen LogP contribution in [0.15, 0.2) is 37.1 Å². The van der Waals surface area contributed by atoms with E-state index in [1.54, 1.807) is 41.6 Å². The van der Waals surface area contributed by atoms with Crippen molar-refractivity contribution in [3.8, 4) is 5.82 Å². The Morgan fingerprint density at radius 3 is 3.10 bits per heavy atom. The normalized spacial score (nSPS) is 18.1. The van der Waals surface area contributed by atoms with Crippen molar-refractivity contribution in [1.82, 2.24) is 19.9 Å². The molecule has 0 aromatic carbocycles. The molecule has 1 atom stereocenters. The first-order valence-electron chi connectivity index (χ1n) is 6.67. The third-order valence-electron chi connectivity index (χ3n) is 3.29. The van der Waals surface area contributed by atoms with Crippen LogP contribution < -0.4 is 5.32 Å². The maximum absolute atomic E-state index is 12.0. The Morgan fingerprint density at radius 1 is 1.50 bits per heavy atom. The number of carbonyl (C=O) groups excluding carboxylic acids is 1. The van der Waals surface area contributed by atoms with Gasteiger partial charge in [0.15, 0.2) is 0 Å². The molecule has 1 aliphatic heterocycles. The smallest absolute Gasteiger partial charge is 0.252 e. The highest BCUT2D eigenvalue weighted by molar-refractivity contribution is 5.93. The van der Waals surface area contributed by atoms with Crippen molar-refractivity contribution >= 4 is 5.91 Å². The number of carbonyl (C=O) groups is 1. The second-order valence-electron chi connectivity index (χ2n) is 4.72. The molecule has 6 nitrogen and oxygen atoms in total. The first-order valence-corrected chi connectivity index (χ1v) is 6.67. The summed E-state index contributed by atoms with van der Waals surface area (Å²) >= 11 is 0. The van der Waals surface area contributed by atoms with Gasteiger partial charge in [0.2, 0.25) is 0 Å². The van der Waals surface area contributed by atoms with Crippen LogP contribution in [-0.4, -0.2) is 39.7 Å². The van der Waals surface area contributed by atoms with Gasteiger partial charge in [-0.1, -0.05) is 0 Å². The molecule has 0 saturated carbocycles. The quantitative estimate of drug-likeness (QED) is 0.907. The molecular formula is C14H16N4O2. The van der Waals surface area contributed by atoms with Gasteiger partial charge in [0, 0.05) is 31.7 Å². The molecule has 1 aliphatic rings. The van der Waals surface area contributed by atoms with Crippen LogP contribution in [0.1, 0.15) is 23.2 Å². The minimum absolute atomic E-state index is 0.120. The molecule has 2 aromatic heterocycles. The summed E-state index contributed by atoms with van der Waals surface area (Å²) in [5, 5.41) is 2.87. The fourth-order valence-electron chi connectivity index (χ4n) is 2.18. The Labute approximate surface area is 116 Å². The first kappa shape index (κ1) is 12.8. The Balaban J connectivity index is 1.60. The van der Waals surface area contributed by atoms with Gasteiger partial charge in [-0.3, -0.25) is 9.36 Å². The van der Waals surface area contributed by atoms with Crippen molar-refractivity contribution < 1.29 is 9.53 Å². The zero-order valence-corrected chi connectivity index (χ0v) is 11.0. The minimum atomic E-state index is -0.120. The minimum Gasteiger partial charge on any atom is -0.376 e. The van der Waals surface area contributed by atoms with Gasteiger partial charge in [-0.15, -0.1) is 0 Å². The van der Waals surface area contributed by atoms with E-state index in [9.17, 15) is 4.79 Å². The van der Waals surface area contributed by atoms with Crippen LogP contribution in [0.25, 0.3) is 5.82 Å². The van der Waals surface area contributed by atoms with E-state index < -0.39 is 0 Å². The molecule has 104 valence electrons. The molecule has 3 heterocycles. The van der Waals surface area contributed by atoms with Crippen LogP contribution in [0.3, 0.4) is 0 Å². The van der Waals surface area contributed by atoms with Gasteiger partial charge in [0.25, 0.3) is 5.91 Å². The molecule has 2 aromatic rings. The van der Waals surface area contributed by atoms with E-state index in [2.05, 4.69) is 15.3 Å². The summed E-state index contributed by atoms with van der Waals surface area (Å²) in [4.78, 5) is 20.2. The third kappa shape index (κ3) is 2.85. The zero-order chi connectivity index (χ0) is 13.8. The van der Waals surface area contributed by atoms with Gasteiger partial charge >= 0.3 is 0 Å². The lowest BCUT2D eigenvalue weighted by molar-refractivity contribution is 0.0857. The summed E-state index contributed by atoms with van der Waals surface area (Å²) in [6.07, 6.45) is 8.96. The lowest BCUT2D eigenvalue weighted by Gasteiger charge is -2.10. The monoisotopic (exact) mass is 272 g/mol. The molecule has 20 heavy (non-hydrogen) atoms. The summed E-state index contributed by atoms with van der Waals surface area (Å²) in [7, 11) is 0. The summed E-state index contributed by atoms with van der Waals surface area (Å²) < 4.78 is 7.25. The largest absolute Gasteiger partial charge is 0.376 e. The standard InChI is InChI=1S/C14H16N4O2/c19-14(17-9-12-2-1-7-20-12)11-3-4-13(16-8-11)18-6-5-15-10-18/h3-6,8,10,12H,1-2,7,9H2,(H,17,19). The van der Waals surface area contributed by atoms with Crippen LogP contribution in [0.5, 0.6) is 0 Å².